The van der Waals surface area contributed by atoms with Crippen LogP contribution in [0.15, 0.2) is 91.0 Å². The highest BCUT2D eigenvalue weighted by atomic mass is 32.1. The predicted octanol–water partition coefficient (Wildman–Crippen LogP) is 16.2. The first-order valence-corrected chi connectivity index (χ1v) is 26.5. The van der Waals surface area contributed by atoms with Gasteiger partial charge < -0.3 is 9.80 Å². The number of fused-ring (bicyclic) bond motifs is 9. The molecule has 0 unspecified atom stereocenters. The molecule has 0 bridgehead atoms. The predicted molar refractivity (Wildman–Crippen MR) is 293 cm³/mol. The fourth-order valence-corrected chi connectivity index (χ4v) is 15.1. The molecule has 0 N–H and O–H groups in total. The van der Waals surface area contributed by atoms with E-state index in [4.69, 9.17) is 0 Å². The molecule has 6 aromatic rings. The average molecular weight is 903 g/mol. The first-order chi connectivity index (χ1) is 31.2. The summed E-state index contributed by atoms with van der Waals surface area (Å²) in [7, 11) is 0. The Bertz CT molecular complexity index is 3040. The number of benzene rings is 5. The molecule has 5 aromatic carbocycles. The Morgan fingerprint density at radius 1 is 0.507 bits per heavy atom. The number of hydrogen-bond donors (Lipinski definition) is 0. The van der Waals surface area contributed by atoms with Crippen LogP contribution in [0.3, 0.4) is 0 Å². The van der Waals surface area contributed by atoms with E-state index in [0.717, 1.165) is 0 Å². The molecule has 0 amide bonds. The smallest absolute Gasteiger partial charge is 0.264 e. The maximum atomic E-state index is 2.79. The van der Waals surface area contributed by atoms with Crippen LogP contribution in [-0.4, -0.2) is 6.71 Å². The fourth-order valence-electron chi connectivity index (χ4n) is 13.4. The monoisotopic (exact) mass is 903 g/mol. The van der Waals surface area contributed by atoms with Crippen molar-refractivity contribution in [1.82, 2.24) is 0 Å². The molecule has 1 aromatic heterocycles. The number of aryl methyl sites for hydroxylation is 1. The molecule has 0 saturated heterocycles. The molecule has 2 nitrogen and oxygen atoms in total. The van der Waals surface area contributed by atoms with Crippen LogP contribution in [0.25, 0.3) is 11.1 Å². The normalized spacial score (nSPS) is 20.8. The lowest BCUT2D eigenvalue weighted by molar-refractivity contribution is 0.331. The summed E-state index contributed by atoms with van der Waals surface area (Å²) in [6, 6.07) is 36.6. The van der Waals surface area contributed by atoms with E-state index in [0.29, 0.717) is 0 Å². The van der Waals surface area contributed by atoms with Crippen molar-refractivity contribution in [3.05, 3.63) is 135 Å². The second kappa shape index (κ2) is 14.3. The van der Waals surface area contributed by atoms with Gasteiger partial charge in [-0.2, -0.15) is 11.3 Å². The van der Waals surface area contributed by atoms with Crippen molar-refractivity contribution in [2.24, 2.45) is 0 Å². The third-order valence-electron chi connectivity index (χ3n) is 17.9. The summed E-state index contributed by atoms with van der Waals surface area (Å²) in [4.78, 5) is 7.17. The number of nitrogens with zero attached hydrogens (tertiary/aromatic N) is 2. The minimum Gasteiger partial charge on any atom is -0.311 e. The zero-order chi connectivity index (χ0) is 47.8. The lowest BCUT2D eigenvalue weighted by Gasteiger charge is -2.50. The number of anilines is 6. The largest absolute Gasteiger partial charge is 0.311 e. The van der Waals surface area contributed by atoms with E-state index >= 15 is 0 Å². The van der Waals surface area contributed by atoms with Crippen LogP contribution in [0.1, 0.15) is 186 Å². The van der Waals surface area contributed by atoms with Gasteiger partial charge in [-0.25, -0.2) is 0 Å². The minimum absolute atomic E-state index is 0.000618. The summed E-state index contributed by atoms with van der Waals surface area (Å²) in [5.41, 5.74) is 24.3. The minimum atomic E-state index is -0.00430. The molecule has 0 radical (unpaired) electrons. The topological polar surface area (TPSA) is 6.48 Å². The van der Waals surface area contributed by atoms with E-state index in [-0.39, 0.29) is 44.6 Å². The Morgan fingerprint density at radius 3 is 1.73 bits per heavy atom. The van der Waals surface area contributed by atoms with Gasteiger partial charge in [-0.1, -0.05) is 158 Å². The number of hydrogen-bond acceptors (Lipinski definition) is 3. The first-order valence-electron chi connectivity index (χ1n) is 25.7. The van der Waals surface area contributed by atoms with Crippen molar-refractivity contribution in [1.29, 1.82) is 0 Å². The van der Waals surface area contributed by atoms with Crippen molar-refractivity contribution in [2.45, 2.75) is 187 Å². The SMILES string of the molecule is Cc1cc2c3c(c1)N(c1ccc(C(C)(C)C)cc1-c1ccccc1)c1c(sc4c1C(C)(C)CCC4(C)C)B3c1ccc3c(c1N2c1ccc2c(c1)C(C)(C)CCC2(C)C)C(C)(C)CCC3(C)C. The van der Waals surface area contributed by atoms with Gasteiger partial charge in [-0.05, 0) is 175 Å². The second-order valence-corrected chi connectivity index (χ2v) is 27.7. The maximum Gasteiger partial charge on any atom is 0.264 e. The number of thiophene rings is 1. The maximum absolute atomic E-state index is 2.79. The third kappa shape index (κ3) is 6.60. The molecule has 0 atom stereocenters. The molecule has 4 heteroatoms. The molecule has 5 aliphatic rings. The highest BCUT2D eigenvalue weighted by Crippen LogP contribution is 2.59. The lowest BCUT2D eigenvalue weighted by atomic mass is 9.35. The van der Waals surface area contributed by atoms with Gasteiger partial charge in [-0.15, -0.1) is 0 Å². The van der Waals surface area contributed by atoms with Crippen molar-refractivity contribution < 1.29 is 0 Å². The van der Waals surface area contributed by atoms with Crippen molar-refractivity contribution in [2.75, 3.05) is 9.80 Å². The molecular formula is C63H75BN2S. The molecular weight excluding hydrogens is 828 g/mol. The Labute approximate surface area is 408 Å². The van der Waals surface area contributed by atoms with Gasteiger partial charge >= 0.3 is 0 Å². The number of rotatable bonds is 3. The van der Waals surface area contributed by atoms with Crippen LogP contribution in [0.4, 0.5) is 34.1 Å². The summed E-state index contributed by atoms with van der Waals surface area (Å²) in [5.74, 6) is 0. The van der Waals surface area contributed by atoms with E-state index in [2.05, 4.69) is 223 Å². The summed E-state index contributed by atoms with van der Waals surface area (Å²) in [6.07, 6.45) is 7.12. The first kappa shape index (κ1) is 44.9. The van der Waals surface area contributed by atoms with Gasteiger partial charge in [-0.3, -0.25) is 0 Å². The van der Waals surface area contributed by atoms with Crippen molar-refractivity contribution >= 4 is 67.9 Å². The van der Waals surface area contributed by atoms with E-state index in [1.54, 1.807) is 16.0 Å². The Hall–Kier alpha value is -4.54. The quantitative estimate of drug-likeness (QED) is 0.163. The van der Waals surface area contributed by atoms with Crippen molar-refractivity contribution in [3.63, 3.8) is 0 Å². The van der Waals surface area contributed by atoms with E-state index in [1.807, 2.05) is 0 Å². The van der Waals surface area contributed by atoms with Crippen LogP contribution in [0.2, 0.25) is 0 Å². The molecule has 0 spiro atoms. The van der Waals surface area contributed by atoms with Crippen LogP contribution in [0, 0.1) is 6.92 Å². The van der Waals surface area contributed by atoms with E-state index < -0.39 is 0 Å². The Morgan fingerprint density at radius 2 is 1.07 bits per heavy atom. The molecule has 3 aliphatic carbocycles. The fraction of sp³-hybridized carbons (Fsp3) is 0.460. The highest BCUT2D eigenvalue weighted by molar-refractivity contribution is 7.29. The van der Waals surface area contributed by atoms with Gasteiger partial charge in [0.2, 0.25) is 0 Å². The van der Waals surface area contributed by atoms with Crippen LogP contribution >= 0.6 is 11.3 Å². The van der Waals surface area contributed by atoms with Gasteiger partial charge in [0.1, 0.15) is 0 Å². The third-order valence-corrected chi connectivity index (χ3v) is 19.5. The summed E-state index contributed by atoms with van der Waals surface area (Å²) in [5, 5.41) is 0. The zero-order valence-electron chi connectivity index (χ0n) is 43.8. The molecule has 346 valence electrons. The van der Waals surface area contributed by atoms with Crippen LogP contribution < -0.4 is 25.5 Å². The molecule has 0 fully saturated rings. The summed E-state index contributed by atoms with van der Waals surface area (Å²) < 4.78 is 1.52. The standard InChI is InChI=1S/C63H75BN2S/c1-38-34-48-52-49(35-38)66(47-27-22-40(57(2,3)4)36-42(47)39-20-18-17-19-21-39)54-51-55(63(15,16)33-32-62(51,13)14)67-56(54)64(52)46-26-25-44-50(61(11,12)31-30-59(44,7)8)53(46)65(48)41-23-24-43-45(37-41)60(9,10)29-28-58(43,5)6/h17-27,34-37H,28-33H2,1-16H3. The average Bonchev–Trinajstić information content (AvgIpc) is 3.68. The Balaban J connectivity index is 1.30. The van der Waals surface area contributed by atoms with Gasteiger partial charge in [0, 0.05) is 38.0 Å². The summed E-state index contributed by atoms with van der Waals surface area (Å²) >= 11 is 2.15. The Kier molecular flexibility index (Phi) is 9.58. The van der Waals surface area contributed by atoms with Gasteiger partial charge in [0.25, 0.3) is 6.71 Å². The lowest BCUT2D eigenvalue weighted by Crippen LogP contribution is -2.61. The van der Waals surface area contributed by atoms with Crippen molar-refractivity contribution in [3.8, 4) is 11.1 Å². The van der Waals surface area contributed by atoms with Crippen LogP contribution in [-0.2, 0) is 37.9 Å². The van der Waals surface area contributed by atoms with E-state index in [1.165, 1.54) is 127 Å². The zero-order valence-corrected chi connectivity index (χ0v) is 44.6. The van der Waals surface area contributed by atoms with Gasteiger partial charge in [0.05, 0.1) is 11.4 Å². The molecule has 3 heterocycles. The highest BCUT2D eigenvalue weighted by Gasteiger charge is 2.53. The van der Waals surface area contributed by atoms with Crippen LogP contribution in [0.5, 0.6) is 0 Å². The molecule has 2 aliphatic heterocycles. The summed E-state index contributed by atoms with van der Waals surface area (Å²) in [6.45, 7) is 39.7. The second-order valence-electron chi connectivity index (χ2n) is 26.6. The van der Waals surface area contributed by atoms with E-state index in [9.17, 15) is 0 Å². The molecule has 67 heavy (non-hydrogen) atoms. The van der Waals surface area contributed by atoms with Gasteiger partial charge in [0.15, 0.2) is 0 Å². The molecule has 11 rings (SSSR count). The molecule has 0 saturated carbocycles.